The molecular formula is C15H19N3O2. The average Bonchev–Trinajstić information content (AvgIpc) is 2.92. The summed E-state index contributed by atoms with van der Waals surface area (Å²) in [6.45, 7) is 1.76. The first kappa shape index (κ1) is 13.3. The monoisotopic (exact) mass is 273 g/mol. The second kappa shape index (κ2) is 5.00. The number of carbonyl (C=O) groups is 2. The largest absolute Gasteiger partial charge is 0.329 e. The lowest BCUT2D eigenvalue weighted by molar-refractivity contribution is -0.139. The van der Waals surface area contributed by atoms with E-state index in [-0.39, 0.29) is 29.7 Å². The Balaban J connectivity index is 1.82. The quantitative estimate of drug-likeness (QED) is 0.791. The van der Waals surface area contributed by atoms with Gasteiger partial charge in [0.25, 0.3) is 0 Å². The van der Waals surface area contributed by atoms with Crippen LogP contribution in [0.2, 0.25) is 0 Å². The fourth-order valence-corrected chi connectivity index (χ4v) is 3.44. The lowest BCUT2D eigenvalue weighted by atomic mass is 9.93. The van der Waals surface area contributed by atoms with Crippen LogP contribution in [-0.2, 0) is 16.1 Å². The molecule has 3 atom stereocenters. The van der Waals surface area contributed by atoms with Gasteiger partial charge in [-0.15, -0.1) is 0 Å². The number of amides is 2. The van der Waals surface area contributed by atoms with Crippen molar-refractivity contribution in [2.75, 3.05) is 20.1 Å². The molecule has 1 aromatic carbocycles. The summed E-state index contributed by atoms with van der Waals surface area (Å²) in [6, 6.07) is 10.0. The Morgan fingerprint density at radius 2 is 1.90 bits per heavy atom. The maximum Gasteiger partial charge on any atom is 0.234 e. The molecular weight excluding hydrogens is 254 g/mol. The zero-order valence-corrected chi connectivity index (χ0v) is 11.5. The summed E-state index contributed by atoms with van der Waals surface area (Å²) >= 11 is 0. The highest BCUT2D eigenvalue weighted by atomic mass is 16.2. The highest BCUT2D eigenvalue weighted by Crippen LogP contribution is 2.37. The number of rotatable bonds is 3. The molecule has 0 aliphatic carbocycles. The molecule has 0 radical (unpaired) electrons. The number of benzene rings is 1. The van der Waals surface area contributed by atoms with Gasteiger partial charge in [-0.3, -0.25) is 19.4 Å². The Morgan fingerprint density at radius 1 is 1.20 bits per heavy atom. The van der Waals surface area contributed by atoms with E-state index >= 15 is 0 Å². The first-order chi connectivity index (χ1) is 9.63. The van der Waals surface area contributed by atoms with E-state index in [9.17, 15) is 9.59 Å². The Labute approximate surface area is 118 Å². The predicted molar refractivity (Wildman–Crippen MR) is 74.5 cm³/mol. The van der Waals surface area contributed by atoms with E-state index in [0.29, 0.717) is 13.1 Å². The molecule has 2 N–H and O–H groups in total. The fraction of sp³-hybridized carbons (Fsp3) is 0.467. The molecule has 2 aliphatic heterocycles. The maximum absolute atomic E-state index is 12.2. The van der Waals surface area contributed by atoms with Crippen molar-refractivity contribution in [3.8, 4) is 0 Å². The molecule has 2 saturated heterocycles. The second-order valence-corrected chi connectivity index (χ2v) is 5.59. The van der Waals surface area contributed by atoms with Crippen molar-refractivity contribution < 1.29 is 9.59 Å². The minimum Gasteiger partial charge on any atom is -0.329 e. The summed E-state index contributed by atoms with van der Waals surface area (Å²) in [5.41, 5.74) is 7.04. The zero-order chi connectivity index (χ0) is 14.3. The summed E-state index contributed by atoms with van der Waals surface area (Å²) in [7, 11) is 1.57. The molecule has 2 amide bonds. The number of nitrogens with zero attached hydrogens (tertiary/aromatic N) is 2. The van der Waals surface area contributed by atoms with Gasteiger partial charge in [-0.1, -0.05) is 30.3 Å². The summed E-state index contributed by atoms with van der Waals surface area (Å²) < 4.78 is 0. The van der Waals surface area contributed by atoms with E-state index in [4.69, 9.17) is 5.73 Å². The van der Waals surface area contributed by atoms with Crippen LogP contribution in [0, 0.1) is 11.8 Å². The molecule has 1 aromatic rings. The van der Waals surface area contributed by atoms with E-state index in [0.717, 1.165) is 6.54 Å². The van der Waals surface area contributed by atoms with Crippen LogP contribution >= 0.6 is 0 Å². The zero-order valence-electron chi connectivity index (χ0n) is 11.5. The third kappa shape index (κ3) is 1.94. The van der Waals surface area contributed by atoms with Gasteiger partial charge in [0.1, 0.15) is 0 Å². The lowest BCUT2D eigenvalue weighted by Gasteiger charge is -2.26. The lowest BCUT2D eigenvalue weighted by Crippen LogP contribution is -2.43. The minimum atomic E-state index is -0.263. The highest BCUT2D eigenvalue weighted by molar-refractivity contribution is 6.05. The molecule has 2 fully saturated rings. The first-order valence-corrected chi connectivity index (χ1v) is 6.93. The molecule has 2 aliphatic rings. The Morgan fingerprint density at radius 3 is 2.55 bits per heavy atom. The smallest absolute Gasteiger partial charge is 0.234 e. The molecule has 2 heterocycles. The number of hydrogen-bond donors (Lipinski definition) is 1. The molecule has 3 rings (SSSR count). The van der Waals surface area contributed by atoms with Gasteiger partial charge < -0.3 is 5.73 Å². The highest BCUT2D eigenvalue weighted by Gasteiger charge is 2.55. The predicted octanol–water partition coefficient (Wildman–Crippen LogP) is 0.0605. The number of likely N-dealkylation sites (tertiary alicyclic amines) is 2. The van der Waals surface area contributed by atoms with Gasteiger partial charge >= 0.3 is 0 Å². The number of nitrogens with two attached hydrogens (primary N) is 1. The molecule has 5 heteroatoms. The molecule has 0 aromatic heterocycles. The first-order valence-electron chi connectivity index (χ1n) is 6.93. The third-order valence-corrected chi connectivity index (χ3v) is 4.48. The van der Waals surface area contributed by atoms with Crippen LogP contribution in [0.25, 0.3) is 0 Å². The number of imide groups is 1. The van der Waals surface area contributed by atoms with Gasteiger partial charge in [-0.25, -0.2) is 0 Å². The second-order valence-electron chi connectivity index (χ2n) is 5.59. The van der Waals surface area contributed by atoms with Gasteiger partial charge in [0.05, 0.1) is 11.8 Å². The van der Waals surface area contributed by atoms with Crippen LogP contribution in [0.1, 0.15) is 5.56 Å². The number of fused-ring (bicyclic) bond motifs is 1. The van der Waals surface area contributed by atoms with Gasteiger partial charge in [0.15, 0.2) is 0 Å². The van der Waals surface area contributed by atoms with Gasteiger partial charge in [-0.2, -0.15) is 0 Å². The van der Waals surface area contributed by atoms with Crippen LogP contribution in [0.15, 0.2) is 30.3 Å². The van der Waals surface area contributed by atoms with E-state index in [1.54, 1.807) is 7.05 Å². The van der Waals surface area contributed by atoms with Crippen LogP contribution in [-0.4, -0.2) is 47.8 Å². The number of carbonyl (C=O) groups excluding carboxylic acids is 2. The average molecular weight is 273 g/mol. The molecule has 20 heavy (non-hydrogen) atoms. The minimum absolute atomic E-state index is 0.0402. The van der Waals surface area contributed by atoms with E-state index < -0.39 is 0 Å². The van der Waals surface area contributed by atoms with Crippen LogP contribution < -0.4 is 5.73 Å². The molecule has 0 saturated carbocycles. The van der Waals surface area contributed by atoms with Crippen molar-refractivity contribution in [2.45, 2.75) is 12.6 Å². The van der Waals surface area contributed by atoms with Crippen LogP contribution in [0.3, 0.4) is 0 Å². The van der Waals surface area contributed by atoms with Crippen LogP contribution in [0.4, 0.5) is 0 Å². The van der Waals surface area contributed by atoms with Crippen molar-refractivity contribution in [1.82, 2.24) is 9.80 Å². The third-order valence-electron chi connectivity index (χ3n) is 4.48. The van der Waals surface area contributed by atoms with Crippen molar-refractivity contribution in [3.63, 3.8) is 0 Å². The van der Waals surface area contributed by atoms with Crippen molar-refractivity contribution >= 4 is 11.8 Å². The Bertz CT molecular complexity index is 531. The maximum atomic E-state index is 12.2. The summed E-state index contributed by atoms with van der Waals surface area (Å²) in [5.74, 6) is -0.619. The van der Waals surface area contributed by atoms with E-state index in [1.165, 1.54) is 10.5 Å². The van der Waals surface area contributed by atoms with Gasteiger partial charge in [0, 0.05) is 32.7 Å². The Hall–Kier alpha value is -1.72. The van der Waals surface area contributed by atoms with Gasteiger partial charge in [-0.05, 0) is 5.56 Å². The van der Waals surface area contributed by atoms with E-state index in [1.807, 2.05) is 18.2 Å². The molecule has 0 unspecified atom stereocenters. The molecule has 106 valence electrons. The standard InChI is InChI=1S/C15H19N3O2/c1-17-14(19)11-9-18(8-10-5-3-2-4-6-10)12(7-16)13(11)15(17)20/h2-6,11-13H,7-9,16H2,1H3/t11-,12-,13-/m1/s1. The van der Waals surface area contributed by atoms with Crippen molar-refractivity contribution in [3.05, 3.63) is 35.9 Å². The Kier molecular flexibility index (Phi) is 3.31. The summed E-state index contributed by atoms with van der Waals surface area (Å²) in [6.07, 6.45) is 0. The summed E-state index contributed by atoms with van der Waals surface area (Å²) in [5, 5.41) is 0. The summed E-state index contributed by atoms with van der Waals surface area (Å²) in [4.78, 5) is 27.7. The fourth-order valence-electron chi connectivity index (χ4n) is 3.44. The normalized spacial score (nSPS) is 30.1. The van der Waals surface area contributed by atoms with E-state index in [2.05, 4.69) is 17.0 Å². The molecule has 0 spiro atoms. The van der Waals surface area contributed by atoms with Gasteiger partial charge in [0.2, 0.25) is 11.8 Å². The molecule has 0 bridgehead atoms. The number of hydrogen-bond acceptors (Lipinski definition) is 4. The van der Waals surface area contributed by atoms with Crippen LogP contribution in [0.5, 0.6) is 0 Å². The topological polar surface area (TPSA) is 66.6 Å². The SMILES string of the molecule is CN1C(=O)[C@H]2[C@@H](CN)N(Cc3ccccc3)C[C@H]2C1=O. The van der Waals surface area contributed by atoms with Crippen molar-refractivity contribution in [2.24, 2.45) is 17.6 Å². The molecule has 5 nitrogen and oxygen atoms in total. The van der Waals surface area contributed by atoms with Crippen molar-refractivity contribution in [1.29, 1.82) is 0 Å².